The molecule has 0 fully saturated rings. The maximum absolute atomic E-state index is 9.18. The number of aromatic nitrogens is 4. The van der Waals surface area contributed by atoms with E-state index in [-0.39, 0.29) is 25.5 Å². The molecule has 0 aliphatic carbocycles. The van der Waals surface area contributed by atoms with Gasteiger partial charge in [-0.2, -0.15) is 0 Å². The van der Waals surface area contributed by atoms with Crippen LogP contribution in [0.25, 0.3) is 83.7 Å². The minimum atomic E-state index is -2.18. The Hall–Kier alpha value is -6.70. The van der Waals surface area contributed by atoms with Gasteiger partial charge in [0.1, 0.15) is 0 Å². The zero-order valence-electron chi connectivity index (χ0n) is 41.9. The van der Waals surface area contributed by atoms with Crippen LogP contribution in [0.15, 0.2) is 193 Å². The zero-order valence-corrected chi connectivity index (χ0v) is 45.4. The number of aryl methyl sites for hydroxylation is 1. The van der Waals surface area contributed by atoms with Crippen LogP contribution in [-0.4, -0.2) is 32.8 Å². The number of pyridine rings is 2. The van der Waals surface area contributed by atoms with E-state index in [0.29, 0.717) is 5.71 Å². The Morgan fingerprint density at radius 2 is 1.30 bits per heavy atom. The van der Waals surface area contributed by atoms with Gasteiger partial charge in [-0.1, -0.05) is 105 Å². The summed E-state index contributed by atoms with van der Waals surface area (Å²) in [6, 6.07) is 69.4. The number of hydrogen-bond acceptors (Lipinski definition) is 4. The Labute approximate surface area is 429 Å². The normalized spacial score (nSPS) is 12.8. The van der Waals surface area contributed by atoms with Crippen molar-refractivity contribution in [1.29, 1.82) is 0 Å². The third-order valence-electron chi connectivity index (χ3n) is 12.9. The summed E-state index contributed by atoms with van der Waals surface area (Å²) in [6.45, 7) is 10.8. The molecule has 4 aromatic heterocycles. The Bertz CT molecular complexity index is 3590. The summed E-state index contributed by atoms with van der Waals surface area (Å²) in [6.07, 6.45) is 2.02. The van der Waals surface area contributed by atoms with Crippen molar-refractivity contribution in [3.8, 4) is 50.6 Å². The minimum absolute atomic E-state index is 0. The summed E-state index contributed by atoms with van der Waals surface area (Å²) in [5, 5.41) is 1.98. The molecule has 0 N–H and O–H groups in total. The Morgan fingerprint density at radius 3 is 1.93 bits per heavy atom. The summed E-state index contributed by atoms with van der Waals surface area (Å²) in [4.78, 5) is 14.7. The minimum Gasteiger partial charge on any atom is 0 e. The summed E-state index contributed by atoms with van der Waals surface area (Å²) in [5.74, 6) is 7.04. The van der Waals surface area contributed by atoms with E-state index in [1.165, 1.54) is 9.96 Å². The Kier molecular flexibility index (Phi) is 13.4. The molecule has 0 spiro atoms. The summed E-state index contributed by atoms with van der Waals surface area (Å²) in [7, 11) is 0. The molecule has 1 atom stereocenters. The largest absolute Gasteiger partial charge is 0 e. The summed E-state index contributed by atoms with van der Waals surface area (Å²) in [5.41, 5.74) is 15.8. The molecule has 349 valence electrons. The van der Waals surface area contributed by atoms with Crippen molar-refractivity contribution < 1.29 is 25.9 Å². The Balaban J connectivity index is 0.000000204. The van der Waals surface area contributed by atoms with Crippen LogP contribution >= 0.6 is 0 Å². The molecular formula is C63H56GeIrN4O-2. The molecule has 7 aromatic carbocycles. The van der Waals surface area contributed by atoms with Crippen LogP contribution in [-0.2, 0) is 25.5 Å². The smallest absolute Gasteiger partial charge is 0 e. The van der Waals surface area contributed by atoms with Gasteiger partial charge in [-0.3, -0.25) is 4.98 Å². The van der Waals surface area contributed by atoms with E-state index >= 15 is 0 Å². The fraction of sp³-hybridized carbons (Fsp3) is 0.159. The van der Waals surface area contributed by atoms with Crippen LogP contribution in [0.5, 0.6) is 0 Å². The molecule has 0 saturated carbocycles. The van der Waals surface area contributed by atoms with Crippen LogP contribution in [0, 0.1) is 19.1 Å². The van der Waals surface area contributed by atoms with Gasteiger partial charge < -0.3 is 8.98 Å². The van der Waals surface area contributed by atoms with Gasteiger partial charge in [0.25, 0.3) is 0 Å². The second-order valence-electron chi connectivity index (χ2n) is 19.8. The number of furan rings is 1. The van der Waals surface area contributed by atoms with Crippen molar-refractivity contribution in [1.82, 2.24) is 19.5 Å². The molecule has 0 saturated heterocycles. The topological polar surface area (TPSA) is 56.7 Å². The van der Waals surface area contributed by atoms with Gasteiger partial charge in [0.2, 0.25) is 5.71 Å². The van der Waals surface area contributed by atoms with Gasteiger partial charge in [-0.15, -0.1) is 18.2 Å². The number of nitrogens with zero attached hydrogens (tertiary/aromatic N) is 4. The number of para-hydroxylation sites is 2. The number of fused-ring (bicyclic) bond motifs is 4. The van der Waals surface area contributed by atoms with E-state index in [1.54, 1.807) is 0 Å². The van der Waals surface area contributed by atoms with Crippen molar-refractivity contribution in [2.45, 2.75) is 63.2 Å². The van der Waals surface area contributed by atoms with Gasteiger partial charge in [-0.05, 0) is 65.4 Å². The van der Waals surface area contributed by atoms with Gasteiger partial charge in [0, 0.05) is 42.3 Å². The predicted octanol–water partition coefficient (Wildman–Crippen LogP) is 16.0. The second kappa shape index (κ2) is 20.0. The van der Waals surface area contributed by atoms with E-state index < -0.39 is 19.2 Å². The van der Waals surface area contributed by atoms with Crippen molar-refractivity contribution in [3.05, 3.63) is 223 Å². The summed E-state index contributed by atoms with van der Waals surface area (Å²) >= 11 is -2.18. The van der Waals surface area contributed by atoms with Gasteiger partial charge in [0.05, 0.1) is 28.1 Å². The third-order valence-corrected chi connectivity index (χ3v) is 17.1. The van der Waals surface area contributed by atoms with E-state index in [1.807, 2.05) is 92.8 Å². The van der Waals surface area contributed by atoms with Crippen molar-refractivity contribution in [3.63, 3.8) is 0 Å². The summed E-state index contributed by atoms with van der Waals surface area (Å²) < 4.78 is 19.3. The molecule has 11 rings (SSSR count). The van der Waals surface area contributed by atoms with Gasteiger partial charge >= 0.3 is 149 Å². The predicted molar refractivity (Wildman–Crippen MR) is 290 cm³/mol. The van der Waals surface area contributed by atoms with Crippen molar-refractivity contribution >= 4 is 50.8 Å². The quantitative estimate of drug-likeness (QED) is 0.112. The van der Waals surface area contributed by atoms with E-state index in [9.17, 15) is 1.37 Å². The zero-order chi connectivity index (χ0) is 48.8. The van der Waals surface area contributed by atoms with E-state index in [0.717, 1.165) is 94.8 Å². The SMILES string of the molecule is Cc1ccc2c(n1)oc1c(-c3nc4ccccc4n3-c3c(-c4ccccc4)cc(C(C)(C)C)cc3-c3ccccc3)[c-]ccc12.[2H]C(C)(c1ccccc1)c1cc(-c2[c-]cccc2)nc[c]1[Ge]([CH3])([CH3])[CH3].[Ir]. The van der Waals surface area contributed by atoms with E-state index in [2.05, 4.69) is 164 Å². The molecule has 4 heterocycles. The van der Waals surface area contributed by atoms with E-state index in [4.69, 9.17) is 19.4 Å². The fourth-order valence-corrected chi connectivity index (χ4v) is 12.4. The molecule has 0 amide bonds. The van der Waals surface area contributed by atoms with Crippen LogP contribution in [0.4, 0.5) is 0 Å². The number of imidazole rings is 1. The average Bonchev–Trinajstić information content (AvgIpc) is 3.95. The maximum atomic E-state index is 9.18. The van der Waals surface area contributed by atoms with Crippen molar-refractivity contribution in [2.75, 3.05) is 0 Å². The van der Waals surface area contributed by atoms with Crippen molar-refractivity contribution in [2.24, 2.45) is 0 Å². The number of hydrogen-bond donors (Lipinski definition) is 0. The molecular weight excluding hydrogens is 1090 g/mol. The van der Waals surface area contributed by atoms with Crippen LogP contribution in [0.3, 0.4) is 0 Å². The molecule has 0 aliphatic heterocycles. The first-order chi connectivity index (χ1) is 33.7. The molecule has 1 unspecified atom stereocenters. The number of benzene rings is 7. The molecule has 7 heteroatoms. The first kappa shape index (κ1) is 47.0. The van der Waals surface area contributed by atoms with Gasteiger partial charge in [0.15, 0.2) is 0 Å². The monoisotopic (exact) mass is 1150 g/mol. The maximum Gasteiger partial charge on any atom is 0 e. The first-order valence-electron chi connectivity index (χ1n) is 24.2. The standard InChI is InChI=1S/C41H32N3O.C22H24GeN.Ir/c1-26-22-23-31-30-18-13-19-32(38(30)45-40(31)42-26)39-43-35-20-11-12-21-36(35)44(39)37-33(27-14-7-5-8-15-27)24-29(41(2,3)4)25-34(37)28-16-9-6-10-17-28;1-17(18-11-7-5-8-12-18)20-15-22(19-13-9-6-10-14-19)24-16-21(20)23(2,3)4;/h5-18,20-25H,1-4H3;5-13,15-17H,1-4H3;/q2*-1;/i;17D;. The molecule has 0 bridgehead atoms. The Morgan fingerprint density at radius 1 is 0.671 bits per heavy atom. The second-order valence-corrected chi connectivity index (χ2v) is 30.4. The molecule has 1 radical (unpaired) electrons. The molecule has 5 nitrogen and oxygen atoms in total. The van der Waals surface area contributed by atoms with Crippen LogP contribution < -0.4 is 4.40 Å². The van der Waals surface area contributed by atoms with Crippen LogP contribution in [0.2, 0.25) is 17.3 Å². The number of rotatable bonds is 8. The average molecular weight is 1150 g/mol. The fourth-order valence-electron chi connectivity index (χ4n) is 9.19. The third kappa shape index (κ3) is 9.61. The van der Waals surface area contributed by atoms with Crippen LogP contribution in [0.1, 0.15) is 57.3 Å². The van der Waals surface area contributed by atoms with Gasteiger partial charge in [-0.25, -0.2) is 4.98 Å². The molecule has 70 heavy (non-hydrogen) atoms. The first-order valence-corrected chi connectivity index (χ1v) is 31.0. The molecule has 11 aromatic rings. The molecule has 0 aliphatic rings.